The predicted molar refractivity (Wildman–Crippen MR) is 80.2 cm³/mol. The monoisotopic (exact) mass is 334 g/mol. The standard InChI is InChI=1S/C14H20BrClO2/c1-10(2)5-4-6-18-14-12(16)7-11(9-15)8-13(14)17-3/h7-8,10H,4-6,9H2,1-3H3. The molecule has 0 heterocycles. The lowest BCUT2D eigenvalue weighted by atomic mass is 10.1. The van der Waals surface area contributed by atoms with Crippen molar-refractivity contribution in [1.29, 1.82) is 0 Å². The third-order valence-corrected chi connectivity index (χ3v) is 3.54. The van der Waals surface area contributed by atoms with Crippen LogP contribution >= 0.6 is 27.5 Å². The molecule has 0 saturated carbocycles. The van der Waals surface area contributed by atoms with Gasteiger partial charge in [-0.1, -0.05) is 41.4 Å². The van der Waals surface area contributed by atoms with Crippen molar-refractivity contribution in [1.82, 2.24) is 0 Å². The summed E-state index contributed by atoms with van der Waals surface area (Å²) in [4.78, 5) is 0. The Bertz CT molecular complexity index is 380. The molecule has 0 spiro atoms. The summed E-state index contributed by atoms with van der Waals surface area (Å²) in [7, 11) is 1.63. The number of hydrogen-bond donors (Lipinski definition) is 0. The van der Waals surface area contributed by atoms with E-state index in [-0.39, 0.29) is 0 Å². The molecule has 18 heavy (non-hydrogen) atoms. The minimum atomic E-state index is 0.605. The molecule has 0 atom stereocenters. The molecule has 1 rings (SSSR count). The van der Waals surface area contributed by atoms with Crippen molar-refractivity contribution in [3.05, 3.63) is 22.7 Å². The highest BCUT2D eigenvalue weighted by molar-refractivity contribution is 9.08. The fourth-order valence-electron chi connectivity index (χ4n) is 1.66. The fourth-order valence-corrected chi connectivity index (χ4v) is 2.27. The highest BCUT2D eigenvalue weighted by Gasteiger charge is 2.11. The zero-order valence-corrected chi connectivity index (χ0v) is 13.5. The van der Waals surface area contributed by atoms with Gasteiger partial charge in [-0.05, 0) is 36.5 Å². The van der Waals surface area contributed by atoms with Gasteiger partial charge in [0.15, 0.2) is 11.5 Å². The zero-order valence-electron chi connectivity index (χ0n) is 11.1. The second-order valence-electron chi connectivity index (χ2n) is 4.63. The summed E-state index contributed by atoms with van der Waals surface area (Å²) in [5.74, 6) is 2.04. The van der Waals surface area contributed by atoms with Crippen LogP contribution in [0, 0.1) is 5.92 Å². The summed E-state index contributed by atoms with van der Waals surface area (Å²) in [5, 5.41) is 1.35. The van der Waals surface area contributed by atoms with Crippen LogP contribution in [0.5, 0.6) is 11.5 Å². The van der Waals surface area contributed by atoms with Crippen molar-refractivity contribution >= 4 is 27.5 Å². The Kier molecular flexibility index (Phi) is 6.87. The molecule has 102 valence electrons. The van der Waals surface area contributed by atoms with Crippen LogP contribution in [0.2, 0.25) is 5.02 Å². The molecule has 0 unspecified atom stereocenters. The number of rotatable bonds is 7. The quantitative estimate of drug-likeness (QED) is 0.512. The molecular formula is C14H20BrClO2. The van der Waals surface area contributed by atoms with Gasteiger partial charge in [-0.15, -0.1) is 0 Å². The molecule has 0 aliphatic heterocycles. The summed E-state index contributed by atoms with van der Waals surface area (Å²) in [5.41, 5.74) is 1.08. The number of methoxy groups -OCH3 is 1. The summed E-state index contributed by atoms with van der Waals surface area (Å²) in [6, 6.07) is 3.84. The van der Waals surface area contributed by atoms with E-state index in [9.17, 15) is 0 Å². The Balaban J connectivity index is 2.69. The SMILES string of the molecule is COc1cc(CBr)cc(Cl)c1OCCCC(C)C. The van der Waals surface area contributed by atoms with Gasteiger partial charge in [0.05, 0.1) is 18.7 Å². The Hall–Kier alpha value is -0.410. The number of ether oxygens (including phenoxy) is 2. The Morgan fingerprint density at radius 3 is 2.61 bits per heavy atom. The maximum atomic E-state index is 6.21. The summed E-state index contributed by atoms with van der Waals surface area (Å²) in [6.07, 6.45) is 2.18. The molecule has 0 aliphatic rings. The van der Waals surface area contributed by atoms with E-state index in [1.807, 2.05) is 12.1 Å². The van der Waals surface area contributed by atoms with E-state index in [1.165, 1.54) is 0 Å². The van der Waals surface area contributed by atoms with E-state index in [4.69, 9.17) is 21.1 Å². The van der Waals surface area contributed by atoms with Crippen LogP contribution in [0.3, 0.4) is 0 Å². The van der Waals surface area contributed by atoms with Gasteiger partial charge in [-0.3, -0.25) is 0 Å². The Morgan fingerprint density at radius 1 is 1.33 bits per heavy atom. The molecule has 0 N–H and O–H groups in total. The zero-order chi connectivity index (χ0) is 13.5. The maximum Gasteiger partial charge on any atom is 0.179 e. The average Bonchev–Trinajstić information content (AvgIpc) is 2.34. The first-order valence-corrected chi connectivity index (χ1v) is 7.63. The highest BCUT2D eigenvalue weighted by Crippen LogP contribution is 2.37. The second kappa shape index (κ2) is 7.90. The average molecular weight is 336 g/mol. The van der Waals surface area contributed by atoms with Crippen LogP contribution in [0.1, 0.15) is 32.3 Å². The van der Waals surface area contributed by atoms with Gasteiger partial charge in [0.25, 0.3) is 0 Å². The number of halogens is 2. The number of alkyl halides is 1. The van der Waals surface area contributed by atoms with Crippen molar-refractivity contribution in [2.45, 2.75) is 32.0 Å². The minimum Gasteiger partial charge on any atom is -0.493 e. The summed E-state index contributed by atoms with van der Waals surface area (Å²) in [6.45, 7) is 5.08. The molecule has 4 heteroatoms. The molecule has 1 aromatic rings. The van der Waals surface area contributed by atoms with E-state index in [1.54, 1.807) is 7.11 Å². The van der Waals surface area contributed by atoms with Crippen LogP contribution in [0.15, 0.2) is 12.1 Å². The molecule has 0 saturated heterocycles. The lowest BCUT2D eigenvalue weighted by Crippen LogP contribution is -2.02. The molecular weight excluding hydrogens is 316 g/mol. The van der Waals surface area contributed by atoms with Gasteiger partial charge in [0, 0.05) is 5.33 Å². The van der Waals surface area contributed by atoms with Gasteiger partial charge in [-0.2, -0.15) is 0 Å². The summed E-state index contributed by atoms with van der Waals surface area (Å²) >= 11 is 9.61. The Labute approximate surface area is 123 Å². The van der Waals surface area contributed by atoms with Gasteiger partial charge < -0.3 is 9.47 Å². The molecule has 0 bridgehead atoms. The minimum absolute atomic E-state index is 0.605. The lowest BCUT2D eigenvalue weighted by Gasteiger charge is -2.14. The summed E-state index contributed by atoms with van der Waals surface area (Å²) < 4.78 is 11.1. The fraction of sp³-hybridized carbons (Fsp3) is 0.571. The molecule has 0 aromatic heterocycles. The molecule has 1 aromatic carbocycles. The van der Waals surface area contributed by atoms with Crippen LogP contribution in [-0.4, -0.2) is 13.7 Å². The maximum absolute atomic E-state index is 6.21. The van der Waals surface area contributed by atoms with Crippen molar-refractivity contribution in [2.24, 2.45) is 5.92 Å². The molecule has 2 nitrogen and oxygen atoms in total. The number of benzene rings is 1. The van der Waals surface area contributed by atoms with Gasteiger partial charge in [-0.25, -0.2) is 0 Å². The lowest BCUT2D eigenvalue weighted by molar-refractivity contribution is 0.280. The van der Waals surface area contributed by atoms with Crippen molar-refractivity contribution in [2.75, 3.05) is 13.7 Å². The number of hydrogen-bond acceptors (Lipinski definition) is 2. The van der Waals surface area contributed by atoms with E-state index in [0.717, 1.165) is 23.7 Å². The topological polar surface area (TPSA) is 18.5 Å². The van der Waals surface area contributed by atoms with Crippen LogP contribution in [-0.2, 0) is 5.33 Å². The van der Waals surface area contributed by atoms with E-state index >= 15 is 0 Å². The van der Waals surface area contributed by atoms with Crippen LogP contribution in [0.25, 0.3) is 0 Å². The first-order valence-electron chi connectivity index (χ1n) is 6.13. The predicted octanol–water partition coefficient (Wildman–Crippen LogP) is 5.06. The first kappa shape index (κ1) is 15.6. The highest BCUT2D eigenvalue weighted by atomic mass is 79.9. The molecule has 0 aliphatic carbocycles. The van der Waals surface area contributed by atoms with Crippen LogP contribution in [0.4, 0.5) is 0 Å². The van der Waals surface area contributed by atoms with Gasteiger partial charge in [0.2, 0.25) is 0 Å². The van der Waals surface area contributed by atoms with Gasteiger partial charge in [0.1, 0.15) is 0 Å². The molecule has 0 radical (unpaired) electrons. The largest absolute Gasteiger partial charge is 0.493 e. The first-order chi connectivity index (χ1) is 8.58. The Morgan fingerprint density at radius 2 is 2.06 bits per heavy atom. The van der Waals surface area contributed by atoms with E-state index < -0.39 is 0 Å². The van der Waals surface area contributed by atoms with Crippen LogP contribution < -0.4 is 9.47 Å². The molecule has 0 amide bonds. The van der Waals surface area contributed by atoms with Crippen molar-refractivity contribution in [3.8, 4) is 11.5 Å². The van der Waals surface area contributed by atoms with Crippen molar-refractivity contribution in [3.63, 3.8) is 0 Å². The van der Waals surface area contributed by atoms with Gasteiger partial charge >= 0.3 is 0 Å². The van der Waals surface area contributed by atoms with Crippen molar-refractivity contribution < 1.29 is 9.47 Å². The second-order valence-corrected chi connectivity index (χ2v) is 5.60. The van der Waals surface area contributed by atoms with E-state index in [0.29, 0.717) is 29.0 Å². The normalized spacial score (nSPS) is 10.8. The van der Waals surface area contributed by atoms with E-state index in [2.05, 4.69) is 29.8 Å². The molecule has 0 fully saturated rings. The third kappa shape index (κ3) is 4.69. The smallest absolute Gasteiger partial charge is 0.179 e. The third-order valence-electron chi connectivity index (χ3n) is 2.62.